The lowest BCUT2D eigenvalue weighted by Crippen LogP contribution is -2.30. The maximum atomic E-state index is 13.5. The van der Waals surface area contributed by atoms with Gasteiger partial charge < -0.3 is 10.1 Å². The van der Waals surface area contributed by atoms with Gasteiger partial charge in [0, 0.05) is 6.54 Å². The van der Waals surface area contributed by atoms with Crippen LogP contribution < -0.4 is 10.1 Å². The number of hydrogen-bond donors (Lipinski definition) is 1. The largest absolute Gasteiger partial charge is 0.497 e. The van der Waals surface area contributed by atoms with Crippen LogP contribution in [0.25, 0.3) is 0 Å². The summed E-state index contributed by atoms with van der Waals surface area (Å²) >= 11 is 0. The number of nitrogens with one attached hydrogen (secondary N) is 1. The maximum Gasteiger partial charge on any atom is 0.238 e. The van der Waals surface area contributed by atoms with Gasteiger partial charge in [0.05, 0.1) is 13.7 Å². The SMILES string of the molecule is COc1cccc(CN(C)CC(=O)Nc2c(F)cccc2F)c1. The summed E-state index contributed by atoms with van der Waals surface area (Å²) in [5.74, 6) is -1.35. The topological polar surface area (TPSA) is 41.6 Å². The number of halogens is 2. The molecule has 0 fully saturated rings. The van der Waals surface area contributed by atoms with E-state index >= 15 is 0 Å². The number of carbonyl (C=O) groups is 1. The van der Waals surface area contributed by atoms with E-state index in [4.69, 9.17) is 4.74 Å². The number of likely N-dealkylation sites (N-methyl/N-ethyl adjacent to an activating group) is 1. The molecule has 0 radical (unpaired) electrons. The minimum Gasteiger partial charge on any atom is -0.497 e. The van der Waals surface area contributed by atoms with Crippen LogP contribution in [-0.4, -0.2) is 31.5 Å². The molecule has 6 heteroatoms. The van der Waals surface area contributed by atoms with Crippen LogP contribution in [0.1, 0.15) is 5.56 Å². The van der Waals surface area contributed by atoms with Crippen LogP contribution in [0.4, 0.5) is 14.5 Å². The van der Waals surface area contributed by atoms with Crippen molar-refractivity contribution in [2.75, 3.05) is 26.0 Å². The van der Waals surface area contributed by atoms with Gasteiger partial charge in [0.1, 0.15) is 23.1 Å². The highest BCUT2D eigenvalue weighted by atomic mass is 19.1. The van der Waals surface area contributed by atoms with Crippen LogP contribution in [0.15, 0.2) is 42.5 Å². The van der Waals surface area contributed by atoms with Gasteiger partial charge in [-0.2, -0.15) is 0 Å². The Kier molecular flexibility index (Phi) is 5.65. The summed E-state index contributed by atoms with van der Waals surface area (Å²) in [5, 5.41) is 2.26. The standard InChI is InChI=1S/C17H18F2N2O2/c1-21(10-12-5-3-6-13(9-12)23-2)11-16(22)20-17-14(18)7-4-8-15(17)19/h3-9H,10-11H2,1-2H3,(H,20,22). The number of methoxy groups -OCH3 is 1. The Morgan fingerprint density at radius 3 is 2.48 bits per heavy atom. The zero-order chi connectivity index (χ0) is 16.8. The monoisotopic (exact) mass is 320 g/mol. The van der Waals surface area contributed by atoms with Gasteiger partial charge in [-0.1, -0.05) is 18.2 Å². The number of rotatable bonds is 6. The third-order valence-corrected chi connectivity index (χ3v) is 3.23. The second-order valence-electron chi connectivity index (χ2n) is 5.17. The quantitative estimate of drug-likeness (QED) is 0.889. The first-order valence-electron chi connectivity index (χ1n) is 7.05. The van der Waals surface area contributed by atoms with Crippen LogP contribution in [-0.2, 0) is 11.3 Å². The fraction of sp³-hybridized carbons (Fsp3) is 0.235. The zero-order valence-corrected chi connectivity index (χ0v) is 13.0. The van der Waals surface area contributed by atoms with E-state index in [-0.39, 0.29) is 6.54 Å². The van der Waals surface area contributed by atoms with Gasteiger partial charge in [-0.25, -0.2) is 8.78 Å². The number of anilines is 1. The summed E-state index contributed by atoms with van der Waals surface area (Å²) in [6, 6.07) is 10.9. The molecule has 4 nitrogen and oxygen atoms in total. The smallest absolute Gasteiger partial charge is 0.238 e. The Morgan fingerprint density at radius 1 is 1.17 bits per heavy atom. The maximum absolute atomic E-state index is 13.5. The predicted octanol–water partition coefficient (Wildman–Crippen LogP) is 3.04. The van der Waals surface area contributed by atoms with Gasteiger partial charge in [-0.15, -0.1) is 0 Å². The summed E-state index contributed by atoms with van der Waals surface area (Å²) in [5.41, 5.74) is 0.545. The molecular weight excluding hydrogens is 302 g/mol. The number of amides is 1. The molecule has 1 N–H and O–H groups in total. The molecule has 0 aliphatic carbocycles. The molecule has 2 rings (SSSR count). The van der Waals surface area contributed by atoms with E-state index in [9.17, 15) is 13.6 Å². The molecule has 2 aromatic carbocycles. The van der Waals surface area contributed by atoms with Gasteiger partial charge in [0.2, 0.25) is 5.91 Å². The first kappa shape index (κ1) is 16.9. The van der Waals surface area contributed by atoms with E-state index < -0.39 is 23.2 Å². The number of nitrogens with zero attached hydrogens (tertiary/aromatic N) is 1. The van der Waals surface area contributed by atoms with Crippen molar-refractivity contribution in [2.45, 2.75) is 6.54 Å². The Labute approximate surface area is 133 Å². The van der Waals surface area contributed by atoms with Crippen molar-refractivity contribution in [2.24, 2.45) is 0 Å². The number of benzene rings is 2. The second-order valence-corrected chi connectivity index (χ2v) is 5.17. The molecule has 0 spiro atoms. The highest BCUT2D eigenvalue weighted by Crippen LogP contribution is 2.18. The Hall–Kier alpha value is -2.47. The van der Waals surface area contributed by atoms with E-state index in [0.29, 0.717) is 6.54 Å². The lowest BCUT2D eigenvalue weighted by molar-refractivity contribution is -0.117. The van der Waals surface area contributed by atoms with Crippen molar-refractivity contribution in [3.63, 3.8) is 0 Å². The number of carbonyl (C=O) groups excluding carboxylic acids is 1. The molecule has 0 unspecified atom stereocenters. The van der Waals surface area contributed by atoms with E-state index in [1.165, 1.54) is 6.07 Å². The average Bonchev–Trinajstić information content (AvgIpc) is 2.51. The van der Waals surface area contributed by atoms with Gasteiger partial charge in [-0.3, -0.25) is 9.69 Å². The molecule has 0 bridgehead atoms. The number of para-hydroxylation sites is 1. The predicted molar refractivity (Wildman–Crippen MR) is 84.3 cm³/mol. The summed E-state index contributed by atoms with van der Waals surface area (Å²) in [7, 11) is 3.33. The third-order valence-electron chi connectivity index (χ3n) is 3.23. The molecule has 0 saturated carbocycles. The Morgan fingerprint density at radius 2 is 1.83 bits per heavy atom. The molecule has 0 aliphatic rings. The van der Waals surface area contributed by atoms with Crippen LogP contribution in [0.3, 0.4) is 0 Å². The minimum atomic E-state index is -0.797. The molecular formula is C17H18F2N2O2. The van der Waals surface area contributed by atoms with Crippen molar-refractivity contribution < 1.29 is 18.3 Å². The van der Waals surface area contributed by atoms with Gasteiger partial charge in [0.25, 0.3) is 0 Å². The molecule has 0 saturated heterocycles. The molecule has 23 heavy (non-hydrogen) atoms. The minimum absolute atomic E-state index is 0.00494. The summed E-state index contributed by atoms with van der Waals surface area (Å²) in [6.07, 6.45) is 0. The molecule has 122 valence electrons. The first-order valence-corrected chi connectivity index (χ1v) is 7.05. The third kappa shape index (κ3) is 4.75. The van der Waals surface area contributed by atoms with Crippen molar-refractivity contribution in [1.29, 1.82) is 0 Å². The van der Waals surface area contributed by atoms with Crippen LogP contribution in [0, 0.1) is 11.6 Å². The fourth-order valence-electron chi connectivity index (χ4n) is 2.18. The van der Waals surface area contributed by atoms with Crippen molar-refractivity contribution in [1.82, 2.24) is 4.90 Å². The lowest BCUT2D eigenvalue weighted by atomic mass is 10.2. The van der Waals surface area contributed by atoms with Crippen LogP contribution in [0.2, 0.25) is 0 Å². The second kappa shape index (κ2) is 7.69. The summed E-state index contributed by atoms with van der Waals surface area (Å²) in [4.78, 5) is 13.7. The summed E-state index contributed by atoms with van der Waals surface area (Å²) < 4.78 is 32.1. The van der Waals surface area contributed by atoms with Crippen molar-refractivity contribution >= 4 is 11.6 Å². The lowest BCUT2D eigenvalue weighted by Gasteiger charge is -2.17. The Bertz CT molecular complexity index is 672. The highest BCUT2D eigenvalue weighted by molar-refractivity contribution is 5.92. The number of hydrogen-bond acceptors (Lipinski definition) is 3. The van der Waals surface area contributed by atoms with Crippen LogP contribution in [0.5, 0.6) is 5.75 Å². The molecule has 0 aromatic heterocycles. The molecule has 0 heterocycles. The highest BCUT2D eigenvalue weighted by Gasteiger charge is 2.13. The molecule has 0 atom stereocenters. The average molecular weight is 320 g/mol. The fourth-order valence-corrected chi connectivity index (χ4v) is 2.18. The van der Waals surface area contributed by atoms with Gasteiger partial charge >= 0.3 is 0 Å². The molecule has 2 aromatic rings. The molecule has 1 amide bonds. The van der Waals surface area contributed by atoms with Gasteiger partial charge in [-0.05, 0) is 36.9 Å². The summed E-state index contributed by atoms with van der Waals surface area (Å²) in [6.45, 7) is 0.509. The zero-order valence-electron chi connectivity index (χ0n) is 13.0. The normalized spacial score (nSPS) is 10.7. The van der Waals surface area contributed by atoms with E-state index in [1.54, 1.807) is 19.1 Å². The Balaban J connectivity index is 1.94. The van der Waals surface area contributed by atoms with Crippen molar-refractivity contribution in [3.05, 3.63) is 59.7 Å². The van der Waals surface area contributed by atoms with Gasteiger partial charge in [0.15, 0.2) is 0 Å². The van der Waals surface area contributed by atoms with E-state index in [1.807, 2.05) is 24.3 Å². The van der Waals surface area contributed by atoms with E-state index in [0.717, 1.165) is 23.4 Å². The first-order chi connectivity index (χ1) is 11.0. The molecule has 0 aliphatic heterocycles. The number of ether oxygens (including phenoxy) is 1. The van der Waals surface area contributed by atoms with Crippen molar-refractivity contribution in [3.8, 4) is 5.75 Å². The van der Waals surface area contributed by atoms with Crippen LogP contribution >= 0.6 is 0 Å². The van der Waals surface area contributed by atoms with E-state index in [2.05, 4.69) is 5.32 Å².